The fraction of sp³-hybridized carbons (Fsp3) is 0.167. The summed E-state index contributed by atoms with van der Waals surface area (Å²) in [7, 11) is 0. The number of pyridine rings is 1. The van der Waals surface area contributed by atoms with Crippen LogP contribution in [0.1, 0.15) is 28.9 Å². The molecule has 0 aliphatic carbocycles. The van der Waals surface area contributed by atoms with Crippen molar-refractivity contribution in [1.29, 1.82) is 0 Å². The van der Waals surface area contributed by atoms with Crippen molar-refractivity contribution in [1.82, 2.24) is 14.5 Å². The molecule has 0 aliphatic heterocycles. The van der Waals surface area contributed by atoms with Gasteiger partial charge in [0, 0.05) is 18.6 Å². The molecule has 1 unspecified atom stereocenters. The van der Waals surface area contributed by atoms with E-state index in [0.717, 1.165) is 16.3 Å². The lowest BCUT2D eigenvalue weighted by molar-refractivity contribution is 0.0693. The molecule has 19 heavy (non-hydrogen) atoms. The van der Waals surface area contributed by atoms with E-state index >= 15 is 0 Å². The number of aromatic carboxylic acids is 1. The molecule has 0 amide bonds. The van der Waals surface area contributed by atoms with Crippen LogP contribution in [0.3, 0.4) is 0 Å². The van der Waals surface area contributed by atoms with Crippen molar-refractivity contribution in [3.63, 3.8) is 0 Å². The van der Waals surface area contributed by atoms with Crippen LogP contribution in [-0.4, -0.2) is 25.6 Å². The molecule has 2 aromatic heterocycles. The zero-order chi connectivity index (χ0) is 14.0. The maximum absolute atomic E-state index is 11.7. The number of hydrogen-bond acceptors (Lipinski definition) is 4. The Morgan fingerprint density at radius 1 is 1.47 bits per heavy atom. The number of H-pyrrole nitrogens is 1. The van der Waals surface area contributed by atoms with Crippen molar-refractivity contribution in [2.75, 3.05) is 0 Å². The molecule has 2 rings (SSSR count). The summed E-state index contributed by atoms with van der Waals surface area (Å²) in [5.74, 6) is -1.38. The van der Waals surface area contributed by atoms with E-state index in [1.807, 2.05) is 4.98 Å². The normalized spacial score (nSPS) is 12.1. The van der Waals surface area contributed by atoms with Gasteiger partial charge in [-0.3, -0.25) is 19.3 Å². The van der Waals surface area contributed by atoms with Gasteiger partial charge >= 0.3 is 11.7 Å². The molecule has 2 aromatic rings. The van der Waals surface area contributed by atoms with Gasteiger partial charge in [0.15, 0.2) is 0 Å². The summed E-state index contributed by atoms with van der Waals surface area (Å²) in [6, 6.07) is 3.03. The summed E-state index contributed by atoms with van der Waals surface area (Å²) < 4.78 is 1.15. The molecule has 0 spiro atoms. The lowest BCUT2D eigenvalue weighted by Gasteiger charge is -2.14. The first-order chi connectivity index (χ1) is 9.00. The highest BCUT2D eigenvalue weighted by atomic mass is 16.4. The van der Waals surface area contributed by atoms with Gasteiger partial charge in [0.2, 0.25) is 0 Å². The Bertz CT molecular complexity index is 718. The molecule has 2 N–H and O–H groups in total. The zero-order valence-electron chi connectivity index (χ0n) is 10.0. The molecular formula is C12H11N3O4. The number of carbonyl (C=O) groups is 1. The fourth-order valence-corrected chi connectivity index (χ4v) is 1.71. The number of nitrogens with one attached hydrogen (secondary N) is 1. The van der Waals surface area contributed by atoms with Gasteiger partial charge in [-0.25, -0.2) is 9.59 Å². The molecule has 98 valence electrons. The average Bonchev–Trinajstić information content (AvgIpc) is 2.38. The quantitative estimate of drug-likeness (QED) is 0.823. The van der Waals surface area contributed by atoms with Crippen LogP contribution in [0.2, 0.25) is 0 Å². The first-order valence-corrected chi connectivity index (χ1v) is 5.49. The fourth-order valence-electron chi connectivity index (χ4n) is 1.71. The zero-order valence-corrected chi connectivity index (χ0v) is 10.0. The summed E-state index contributed by atoms with van der Waals surface area (Å²) in [6.45, 7) is 1.71. The Labute approximate surface area is 107 Å². The van der Waals surface area contributed by atoms with E-state index in [-0.39, 0.29) is 0 Å². The maximum atomic E-state index is 11.7. The number of aromatic nitrogens is 3. The van der Waals surface area contributed by atoms with E-state index in [1.54, 1.807) is 31.5 Å². The highest BCUT2D eigenvalue weighted by molar-refractivity contribution is 5.86. The van der Waals surface area contributed by atoms with Crippen LogP contribution in [0.4, 0.5) is 0 Å². The van der Waals surface area contributed by atoms with Gasteiger partial charge in [-0.05, 0) is 18.6 Å². The Balaban J connectivity index is 2.57. The Kier molecular flexibility index (Phi) is 3.28. The molecule has 2 heterocycles. The Morgan fingerprint density at radius 3 is 2.79 bits per heavy atom. The Morgan fingerprint density at radius 2 is 2.21 bits per heavy atom. The van der Waals surface area contributed by atoms with Crippen LogP contribution < -0.4 is 11.2 Å². The molecule has 0 bridgehead atoms. The van der Waals surface area contributed by atoms with E-state index in [4.69, 9.17) is 5.11 Å². The summed E-state index contributed by atoms with van der Waals surface area (Å²) >= 11 is 0. The van der Waals surface area contributed by atoms with Crippen molar-refractivity contribution >= 4 is 5.97 Å². The smallest absolute Gasteiger partial charge is 0.342 e. The second kappa shape index (κ2) is 4.89. The molecule has 0 aromatic carbocycles. The number of aromatic amines is 1. The van der Waals surface area contributed by atoms with Crippen LogP contribution in [-0.2, 0) is 0 Å². The van der Waals surface area contributed by atoms with E-state index < -0.39 is 28.8 Å². The lowest BCUT2D eigenvalue weighted by atomic mass is 10.1. The van der Waals surface area contributed by atoms with E-state index in [1.165, 1.54) is 0 Å². The molecule has 0 radical (unpaired) electrons. The molecule has 7 heteroatoms. The van der Waals surface area contributed by atoms with Crippen molar-refractivity contribution in [3.05, 3.63) is 62.7 Å². The summed E-state index contributed by atoms with van der Waals surface area (Å²) in [5.41, 5.74) is -1.32. The van der Waals surface area contributed by atoms with Gasteiger partial charge in [-0.2, -0.15) is 0 Å². The van der Waals surface area contributed by atoms with E-state index in [2.05, 4.69) is 4.98 Å². The van der Waals surface area contributed by atoms with Gasteiger partial charge in [-0.15, -0.1) is 0 Å². The first kappa shape index (κ1) is 12.7. The van der Waals surface area contributed by atoms with Crippen LogP contribution in [0.25, 0.3) is 0 Å². The first-order valence-electron chi connectivity index (χ1n) is 5.49. The predicted molar refractivity (Wildman–Crippen MR) is 66.3 cm³/mol. The molecular weight excluding hydrogens is 250 g/mol. The van der Waals surface area contributed by atoms with Gasteiger partial charge in [0.25, 0.3) is 5.56 Å². The highest BCUT2D eigenvalue weighted by Crippen LogP contribution is 2.13. The molecule has 1 atom stereocenters. The summed E-state index contributed by atoms with van der Waals surface area (Å²) in [5, 5.41) is 8.89. The van der Waals surface area contributed by atoms with Crippen LogP contribution >= 0.6 is 0 Å². The van der Waals surface area contributed by atoms with E-state index in [0.29, 0.717) is 0 Å². The second-order valence-corrected chi connectivity index (χ2v) is 3.98. The monoisotopic (exact) mass is 261 g/mol. The number of hydrogen-bond donors (Lipinski definition) is 2. The number of carboxylic acids is 1. The third-order valence-corrected chi connectivity index (χ3v) is 2.78. The van der Waals surface area contributed by atoms with Crippen molar-refractivity contribution < 1.29 is 9.90 Å². The number of nitrogens with zero attached hydrogens (tertiary/aromatic N) is 2. The van der Waals surface area contributed by atoms with E-state index in [9.17, 15) is 14.4 Å². The van der Waals surface area contributed by atoms with Crippen LogP contribution in [0.15, 0.2) is 40.3 Å². The lowest BCUT2D eigenvalue weighted by Crippen LogP contribution is -2.35. The van der Waals surface area contributed by atoms with Gasteiger partial charge in [0.05, 0.1) is 6.04 Å². The third kappa shape index (κ3) is 2.44. The minimum Gasteiger partial charge on any atom is -0.477 e. The van der Waals surface area contributed by atoms with Crippen LogP contribution in [0.5, 0.6) is 0 Å². The molecule has 0 saturated heterocycles. The van der Waals surface area contributed by atoms with Gasteiger partial charge < -0.3 is 5.11 Å². The molecule has 0 aliphatic rings. The second-order valence-electron chi connectivity index (χ2n) is 3.98. The Hall–Kier alpha value is -2.70. The molecule has 0 saturated carbocycles. The number of rotatable bonds is 3. The average molecular weight is 261 g/mol. The third-order valence-electron chi connectivity index (χ3n) is 2.78. The van der Waals surface area contributed by atoms with Gasteiger partial charge in [0.1, 0.15) is 5.56 Å². The minimum atomic E-state index is -1.38. The highest BCUT2D eigenvalue weighted by Gasteiger charge is 2.15. The topological polar surface area (TPSA) is 105 Å². The van der Waals surface area contributed by atoms with Crippen molar-refractivity contribution in [3.8, 4) is 0 Å². The number of carboxylic acid groups (broad SMARTS) is 1. The predicted octanol–water partition coefficient (Wildman–Crippen LogP) is 0.239. The maximum Gasteiger partial charge on any atom is 0.342 e. The molecule has 7 nitrogen and oxygen atoms in total. The SMILES string of the molecule is CC(c1cccnc1)n1cc(C(=O)O)c(=O)[nH]c1=O. The minimum absolute atomic E-state index is 0.434. The largest absolute Gasteiger partial charge is 0.477 e. The van der Waals surface area contributed by atoms with Gasteiger partial charge in [-0.1, -0.05) is 6.07 Å². The van der Waals surface area contributed by atoms with Crippen molar-refractivity contribution in [2.45, 2.75) is 13.0 Å². The van der Waals surface area contributed by atoms with Crippen molar-refractivity contribution in [2.24, 2.45) is 0 Å². The molecule has 0 fully saturated rings. The van der Waals surface area contributed by atoms with Crippen LogP contribution in [0, 0.1) is 0 Å². The standard InChI is InChI=1S/C12H11N3O4/c1-7(8-3-2-4-13-5-8)15-6-9(11(17)18)10(16)14-12(15)19/h2-7H,1H3,(H,17,18)(H,14,16,19). The summed E-state index contributed by atoms with van der Waals surface area (Å²) in [6.07, 6.45) is 4.21. The summed E-state index contributed by atoms with van der Waals surface area (Å²) in [4.78, 5) is 39.9.